The number of ether oxygens (including phenoxy) is 1. The summed E-state index contributed by atoms with van der Waals surface area (Å²) in [5, 5.41) is 4.69. The number of carbonyl (C=O) groups excluding carboxylic acids is 1. The van der Waals surface area contributed by atoms with Crippen molar-refractivity contribution in [3.05, 3.63) is 72.3 Å². The molecule has 1 heterocycles. The van der Waals surface area contributed by atoms with Gasteiger partial charge in [0, 0.05) is 23.8 Å². The molecule has 5 nitrogen and oxygen atoms in total. The summed E-state index contributed by atoms with van der Waals surface area (Å²) in [6.45, 7) is 0. The average Bonchev–Trinajstić information content (AvgIpc) is 3.10. The van der Waals surface area contributed by atoms with Crippen LogP contribution in [0, 0.1) is 5.82 Å². The minimum Gasteiger partial charge on any atom is -0.456 e. The zero-order valence-corrected chi connectivity index (χ0v) is 13.6. The number of H-pyrrole nitrogens is 1. The Labute approximate surface area is 151 Å². The lowest BCUT2D eigenvalue weighted by molar-refractivity contribution is -0.139. The van der Waals surface area contributed by atoms with Gasteiger partial charge in [-0.05, 0) is 48.5 Å². The van der Waals surface area contributed by atoms with Gasteiger partial charge in [0.05, 0.1) is 5.56 Å². The molecule has 0 radical (unpaired) electrons. The monoisotopic (exact) mass is 379 g/mol. The summed E-state index contributed by atoms with van der Waals surface area (Å²) in [6, 6.07) is 9.53. The number of amides is 2. The minimum absolute atomic E-state index is 0.186. The number of rotatable bonds is 4. The third-order valence-corrected chi connectivity index (χ3v) is 3.45. The zero-order valence-electron chi connectivity index (χ0n) is 13.6. The van der Waals surface area contributed by atoms with Crippen LogP contribution in [0.25, 0.3) is 0 Å². The number of anilines is 2. The maximum Gasteiger partial charge on any atom is 0.419 e. The van der Waals surface area contributed by atoms with E-state index in [1.165, 1.54) is 0 Å². The quantitative estimate of drug-likeness (QED) is 0.516. The summed E-state index contributed by atoms with van der Waals surface area (Å²) in [6.07, 6.45) is -1.49. The molecule has 3 aromatic rings. The van der Waals surface area contributed by atoms with Gasteiger partial charge in [0.2, 0.25) is 0 Å². The molecule has 0 aliphatic rings. The van der Waals surface area contributed by atoms with Crippen LogP contribution in [0.3, 0.4) is 0 Å². The first-order valence-electron chi connectivity index (χ1n) is 7.67. The van der Waals surface area contributed by atoms with E-state index in [1.54, 1.807) is 42.7 Å². The van der Waals surface area contributed by atoms with Gasteiger partial charge >= 0.3 is 12.2 Å². The predicted octanol–water partition coefficient (Wildman–Crippen LogP) is 5.61. The standard InChI is InChI=1S/C18H13F4N3O2/c19-16-6-3-12(9-15(16)18(20,21)22)25-17(26)24-11-1-4-13(5-2-11)27-14-7-8-23-10-14/h1-10,23H,(H2,24,25,26). The second kappa shape index (κ2) is 7.40. The van der Waals surface area contributed by atoms with Gasteiger partial charge in [-0.3, -0.25) is 0 Å². The van der Waals surface area contributed by atoms with Crippen molar-refractivity contribution >= 4 is 17.4 Å². The van der Waals surface area contributed by atoms with Gasteiger partial charge in [-0.15, -0.1) is 0 Å². The van der Waals surface area contributed by atoms with Crippen LogP contribution in [0.4, 0.5) is 33.7 Å². The fraction of sp³-hybridized carbons (Fsp3) is 0.0556. The number of hydrogen-bond acceptors (Lipinski definition) is 2. The van der Waals surface area contributed by atoms with Gasteiger partial charge in [-0.1, -0.05) is 0 Å². The van der Waals surface area contributed by atoms with Crippen LogP contribution < -0.4 is 15.4 Å². The molecule has 0 saturated carbocycles. The summed E-state index contributed by atoms with van der Waals surface area (Å²) in [7, 11) is 0. The molecular formula is C18H13F4N3O2. The molecule has 27 heavy (non-hydrogen) atoms. The molecule has 0 aliphatic carbocycles. The Hall–Kier alpha value is -3.49. The van der Waals surface area contributed by atoms with Crippen molar-refractivity contribution < 1.29 is 27.1 Å². The highest BCUT2D eigenvalue weighted by atomic mass is 19.4. The molecule has 0 aliphatic heterocycles. The Kier molecular flexibility index (Phi) is 5.02. The lowest BCUT2D eigenvalue weighted by Gasteiger charge is -2.12. The Morgan fingerprint density at radius 2 is 1.59 bits per heavy atom. The molecule has 2 amide bonds. The van der Waals surface area contributed by atoms with Crippen LogP contribution >= 0.6 is 0 Å². The van der Waals surface area contributed by atoms with E-state index in [1.807, 2.05) is 0 Å². The van der Waals surface area contributed by atoms with Crippen molar-refractivity contribution in [3.63, 3.8) is 0 Å². The summed E-state index contributed by atoms with van der Waals surface area (Å²) in [5.41, 5.74) is -1.24. The van der Waals surface area contributed by atoms with Crippen molar-refractivity contribution in [1.29, 1.82) is 0 Å². The van der Waals surface area contributed by atoms with Gasteiger partial charge in [0.25, 0.3) is 0 Å². The molecule has 3 N–H and O–H groups in total. The molecule has 0 spiro atoms. The highest BCUT2D eigenvalue weighted by molar-refractivity contribution is 5.99. The van der Waals surface area contributed by atoms with Crippen LogP contribution in [-0.4, -0.2) is 11.0 Å². The van der Waals surface area contributed by atoms with Gasteiger partial charge in [0.15, 0.2) is 0 Å². The number of halogens is 4. The third kappa shape index (κ3) is 4.78. The highest BCUT2D eigenvalue weighted by Crippen LogP contribution is 2.33. The molecule has 2 aromatic carbocycles. The van der Waals surface area contributed by atoms with E-state index in [0.29, 0.717) is 29.3 Å². The van der Waals surface area contributed by atoms with Crippen LogP contribution in [0.2, 0.25) is 0 Å². The molecule has 9 heteroatoms. The molecule has 140 valence electrons. The fourth-order valence-electron chi connectivity index (χ4n) is 2.23. The summed E-state index contributed by atoms with van der Waals surface area (Å²) >= 11 is 0. The summed E-state index contributed by atoms with van der Waals surface area (Å²) in [5.74, 6) is -0.259. The molecule has 0 unspecified atom stereocenters. The van der Waals surface area contributed by atoms with Gasteiger partial charge < -0.3 is 20.4 Å². The second-order valence-corrected chi connectivity index (χ2v) is 5.44. The predicted molar refractivity (Wildman–Crippen MR) is 91.4 cm³/mol. The van der Waals surface area contributed by atoms with Crippen LogP contribution in [0.15, 0.2) is 60.9 Å². The van der Waals surface area contributed by atoms with Crippen molar-refractivity contribution in [2.24, 2.45) is 0 Å². The SMILES string of the molecule is O=C(Nc1ccc(Oc2cc[nH]c2)cc1)Nc1ccc(F)c(C(F)(F)F)c1. The first-order valence-corrected chi connectivity index (χ1v) is 7.67. The normalized spacial score (nSPS) is 11.1. The van der Waals surface area contributed by atoms with Crippen LogP contribution in [0.5, 0.6) is 11.5 Å². The maximum atomic E-state index is 13.3. The number of benzene rings is 2. The molecule has 0 bridgehead atoms. The third-order valence-electron chi connectivity index (χ3n) is 3.45. The number of nitrogens with one attached hydrogen (secondary N) is 3. The lowest BCUT2D eigenvalue weighted by atomic mass is 10.2. The molecular weight excluding hydrogens is 366 g/mol. The molecule has 0 atom stereocenters. The van der Waals surface area contributed by atoms with Gasteiger partial charge in [0.1, 0.15) is 17.3 Å². The Balaban J connectivity index is 1.62. The summed E-state index contributed by atoms with van der Waals surface area (Å²) < 4.78 is 56.9. The van der Waals surface area contributed by atoms with Crippen molar-refractivity contribution in [2.45, 2.75) is 6.18 Å². The molecule has 1 aromatic heterocycles. The Morgan fingerprint density at radius 3 is 2.22 bits per heavy atom. The average molecular weight is 379 g/mol. The molecule has 3 rings (SSSR count). The Bertz CT molecular complexity index is 923. The summed E-state index contributed by atoms with van der Waals surface area (Å²) in [4.78, 5) is 14.8. The largest absolute Gasteiger partial charge is 0.456 e. The number of aromatic nitrogens is 1. The number of hydrogen-bond donors (Lipinski definition) is 3. The number of alkyl halides is 3. The smallest absolute Gasteiger partial charge is 0.419 e. The molecule has 0 fully saturated rings. The van der Waals surface area contributed by atoms with E-state index in [0.717, 1.165) is 6.07 Å². The first kappa shape index (κ1) is 18.3. The number of carbonyl (C=O) groups is 1. The van der Waals surface area contributed by atoms with Crippen molar-refractivity contribution in [1.82, 2.24) is 4.98 Å². The maximum absolute atomic E-state index is 13.3. The van der Waals surface area contributed by atoms with Crippen LogP contribution in [0.1, 0.15) is 5.56 Å². The van der Waals surface area contributed by atoms with Crippen molar-refractivity contribution in [3.8, 4) is 11.5 Å². The lowest BCUT2D eigenvalue weighted by Crippen LogP contribution is -2.20. The van der Waals surface area contributed by atoms with E-state index in [2.05, 4.69) is 15.6 Å². The Morgan fingerprint density at radius 1 is 0.926 bits per heavy atom. The van der Waals surface area contributed by atoms with Crippen molar-refractivity contribution in [2.75, 3.05) is 10.6 Å². The highest BCUT2D eigenvalue weighted by Gasteiger charge is 2.34. The number of urea groups is 1. The second-order valence-electron chi connectivity index (χ2n) is 5.44. The van der Waals surface area contributed by atoms with E-state index in [-0.39, 0.29) is 5.69 Å². The van der Waals surface area contributed by atoms with E-state index >= 15 is 0 Å². The zero-order chi connectivity index (χ0) is 19.4. The van der Waals surface area contributed by atoms with E-state index in [4.69, 9.17) is 4.74 Å². The van der Waals surface area contributed by atoms with Gasteiger partial charge in [-0.25, -0.2) is 9.18 Å². The molecule has 0 saturated heterocycles. The number of aromatic amines is 1. The topological polar surface area (TPSA) is 66.1 Å². The van der Waals surface area contributed by atoms with E-state index in [9.17, 15) is 22.4 Å². The van der Waals surface area contributed by atoms with Gasteiger partial charge in [-0.2, -0.15) is 13.2 Å². The minimum atomic E-state index is -4.85. The van der Waals surface area contributed by atoms with E-state index < -0.39 is 23.6 Å². The fourth-order valence-corrected chi connectivity index (χ4v) is 2.23. The first-order chi connectivity index (χ1) is 12.8. The van der Waals surface area contributed by atoms with Crippen LogP contribution in [-0.2, 0) is 6.18 Å².